The van der Waals surface area contributed by atoms with Crippen LogP contribution >= 0.6 is 0 Å². The zero-order chi connectivity index (χ0) is 12.3. The summed E-state index contributed by atoms with van der Waals surface area (Å²) in [6.07, 6.45) is 6.19. The molecule has 3 N–H and O–H groups in total. The Hall–Kier alpha value is -1.69. The molecule has 1 aromatic rings. The molecule has 0 aromatic heterocycles. The molecule has 0 saturated heterocycles. The molecule has 0 bridgehead atoms. The molecule has 90 valence electrons. The van der Waals surface area contributed by atoms with Crippen LogP contribution in [-0.4, -0.2) is 5.54 Å². The number of nitrogens with zero attached hydrogens (tertiary/aromatic N) is 1. The molecule has 1 aliphatic rings. The van der Waals surface area contributed by atoms with E-state index < -0.39 is 0 Å². The van der Waals surface area contributed by atoms with Crippen molar-refractivity contribution < 1.29 is 0 Å². The maximum Gasteiger partial charge on any atom is 0.101 e. The second-order valence-electron chi connectivity index (χ2n) is 5.16. The third-order valence-corrected chi connectivity index (χ3v) is 3.56. The third-order valence-electron chi connectivity index (χ3n) is 3.56. The van der Waals surface area contributed by atoms with Crippen molar-refractivity contribution in [2.24, 2.45) is 0 Å². The van der Waals surface area contributed by atoms with Crippen molar-refractivity contribution >= 4 is 11.4 Å². The van der Waals surface area contributed by atoms with Crippen molar-refractivity contribution in [1.82, 2.24) is 0 Å². The summed E-state index contributed by atoms with van der Waals surface area (Å²) >= 11 is 0. The number of anilines is 2. The molecule has 0 atom stereocenters. The molecule has 0 unspecified atom stereocenters. The molecule has 17 heavy (non-hydrogen) atoms. The summed E-state index contributed by atoms with van der Waals surface area (Å²) in [5.74, 6) is 0. The predicted molar refractivity (Wildman–Crippen MR) is 70.7 cm³/mol. The van der Waals surface area contributed by atoms with E-state index in [2.05, 4.69) is 18.3 Å². The van der Waals surface area contributed by atoms with E-state index in [1.807, 2.05) is 12.1 Å². The molecule has 0 amide bonds. The van der Waals surface area contributed by atoms with Gasteiger partial charge in [0.05, 0.1) is 11.3 Å². The summed E-state index contributed by atoms with van der Waals surface area (Å²) in [7, 11) is 0. The fraction of sp³-hybridized carbons (Fsp3) is 0.500. The van der Waals surface area contributed by atoms with Gasteiger partial charge in [-0.3, -0.25) is 0 Å². The first kappa shape index (κ1) is 11.8. The first-order valence-corrected chi connectivity index (χ1v) is 6.21. The van der Waals surface area contributed by atoms with Gasteiger partial charge in [-0.25, -0.2) is 0 Å². The van der Waals surface area contributed by atoms with Crippen LogP contribution in [0, 0.1) is 11.3 Å². The number of benzene rings is 1. The van der Waals surface area contributed by atoms with Gasteiger partial charge in [0.25, 0.3) is 0 Å². The van der Waals surface area contributed by atoms with E-state index >= 15 is 0 Å². The number of hydrogen-bond acceptors (Lipinski definition) is 3. The van der Waals surface area contributed by atoms with Crippen molar-refractivity contribution in [2.45, 2.75) is 44.6 Å². The van der Waals surface area contributed by atoms with Crippen LogP contribution in [0.3, 0.4) is 0 Å². The summed E-state index contributed by atoms with van der Waals surface area (Å²) in [6.45, 7) is 2.24. The van der Waals surface area contributed by atoms with Crippen LogP contribution in [0.5, 0.6) is 0 Å². The lowest BCUT2D eigenvalue weighted by Crippen LogP contribution is -2.37. The standard InChI is InChI=1S/C14H19N3/c1-14(7-3-2-4-8-14)17-13-6-5-12(16)9-11(13)10-15/h5-6,9,17H,2-4,7-8,16H2,1H3. The van der Waals surface area contributed by atoms with Gasteiger partial charge in [0.15, 0.2) is 0 Å². The maximum absolute atomic E-state index is 9.11. The van der Waals surface area contributed by atoms with E-state index in [0.717, 1.165) is 5.69 Å². The SMILES string of the molecule is CC1(Nc2ccc(N)cc2C#N)CCCCC1. The Morgan fingerprint density at radius 2 is 2.00 bits per heavy atom. The molecule has 3 nitrogen and oxygen atoms in total. The number of hydrogen-bond donors (Lipinski definition) is 2. The Bertz CT molecular complexity index is 439. The Balaban J connectivity index is 2.20. The smallest absolute Gasteiger partial charge is 0.101 e. The van der Waals surface area contributed by atoms with Gasteiger partial charge in [0.1, 0.15) is 6.07 Å². The summed E-state index contributed by atoms with van der Waals surface area (Å²) in [6, 6.07) is 7.68. The third kappa shape index (κ3) is 2.71. The zero-order valence-corrected chi connectivity index (χ0v) is 10.3. The van der Waals surface area contributed by atoms with E-state index in [1.54, 1.807) is 6.07 Å². The van der Waals surface area contributed by atoms with Crippen molar-refractivity contribution in [3.63, 3.8) is 0 Å². The van der Waals surface area contributed by atoms with Gasteiger partial charge in [-0.15, -0.1) is 0 Å². The van der Waals surface area contributed by atoms with Crippen molar-refractivity contribution in [2.75, 3.05) is 11.1 Å². The highest BCUT2D eigenvalue weighted by atomic mass is 15.0. The van der Waals surface area contributed by atoms with Gasteiger partial charge in [-0.1, -0.05) is 19.3 Å². The number of nitrogens with two attached hydrogens (primary N) is 1. The molecule has 0 spiro atoms. The van der Waals surface area contributed by atoms with Crippen LogP contribution in [-0.2, 0) is 0 Å². The van der Waals surface area contributed by atoms with Gasteiger partial charge in [0.2, 0.25) is 0 Å². The lowest BCUT2D eigenvalue weighted by Gasteiger charge is -2.35. The Morgan fingerprint density at radius 1 is 1.29 bits per heavy atom. The normalized spacial score (nSPS) is 18.4. The summed E-state index contributed by atoms with van der Waals surface area (Å²) in [4.78, 5) is 0. The van der Waals surface area contributed by atoms with E-state index in [-0.39, 0.29) is 5.54 Å². The number of nitriles is 1. The highest BCUT2D eigenvalue weighted by molar-refractivity contribution is 5.63. The van der Waals surface area contributed by atoms with Crippen LogP contribution in [0.4, 0.5) is 11.4 Å². The van der Waals surface area contributed by atoms with Crippen LogP contribution in [0.2, 0.25) is 0 Å². The van der Waals surface area contributed by atoms with E-state index in [0.29, 0.717) is 11.3 Å². The largest absolute Gasteiger partial charge is 0.399 e. The average Bonchev–Trinajstić information content (AvgIpc) is 2.32. The minimum Gasteiger partial charge on any atom is -0.399 e. The Kier molecular flexibility index (Phi) is 3.23. The van der Waals surface area contributed by atoms with Crippen molar-refractivity contribution in [1.29, 1.82) is 5.26 Å². The van der Waals surface area contributed by atoms with Crippen LogP contribution in [0.15, 0.2) is 18.2 Å². The van der Waals surface area contributed by atoms with Gasteiger partial charge in [-0.05, 0) is 38.0 Å². The van der Waals surface area contributed by atoms with Gasteiger partial charge in [0, 0.05) is 11.2 Å². The maximum atomic E-state index is 9.11. The van der Waals surface area contributed by atoms with Gasteiger partial charge in [-0.2, -0.15) is 5.26 Å². The zero-order valence-electron chi connectivity index (χ0n) is 10.3. The van der Waals surface area contributed by atoms with Crippen molar-refractivity contribution in [3.8, 4) is 6.07 Å². The molecule has 2 rings (SSSR count). The fourth-order valence-electron chi connectivity index (χ4n) is 2.55. The molecule has 3 heteroatoms. The minimum atomic E-state index is 0.125. The quantitative estimate of drug-likeness (QED) is 0.765. The van der Waals surface area contributed by atoms with Crippen LogP contribution in [0.1, 0.15) is 44.6 Å². The average molecular weight is 229 g/mol. The molecule has 1 aromatic carbocycles. The molecule has 1 aliphatic carbocycles. The Labute approximate surface area is 103 Å². The highest BCUT2D eigenvalue weighted by Gasteiger charge is 2.26. The number of nitrogens with one attached hydrogen (secondary N) is 1. The predicted octanol–water partition coefficient (Wildman–Crippen LogP) is 3.28. The fourth-order valence-corrected chi connectivity index (χ4v) is 2.55. The second kappa shape index (κ2) is 4.67. The van der Waals surface area contributed by atoms with E-state index in [1.165, 1.54) is 32.1 Å². The molecule has 1 saturated carbocycles. The summed E-state index contributed by atoms with van der Waals surface area (Å²) in [5.41, 5.74) is 8.00. The topological polar surface area (TPSA) is 61.8 Å². The lowest BCUT2D eigenvalue weighted by atomic mass is 9.83. The highest BCUT2D eigenvalue weighted by Crippen LogP contribution is 2.32. The van der Waals surface area contributed by atoms with E-state index in [4.69, 9.17) is 11.0 Å². The van der Waals surface area contributed by atoms with E-state index in [9.17, 15) is 0 Å². The molecule has 0 heterocycles. The number of nitrogen functional groups attached to an aromatic ring is 1. The second-order valence-corrected chi connectivity index (χ2v) is 5.16. The molecule has 1 fully saturated rings. The summed E-state index contributed by atoms with van der Waals surface area (Å²) < 4.78 is 0. The van der Waals surface area contributed by atoms with Gasteiger partial charge >= 0.3 is 0 Å². The van der Waals surface area contributed by atoms with Crippen molar-refractivity contribution in [3.05, 3.63) is 23.8 Å². The molecule has 0 aliphatic heterocycles. The molecular formula is C14H19N3. The first-order valence-electron chi connectivity index (χ1n) is 6.21. The molecule has 0 radical (unpaired) electrons. The lowest BCUT2D eigenvalue weighted by molar-refractivity contribution is 0.349. The summed E-state index contributed by atoms with van der Waals surface area (Å²) in [5, 5.41) is 12.6. The number of rotatable bonds is 2. The Morgan fingerprint density at radius 3 is 2.65 bits per heavy atom. The van der Waals surface area contributed by atoms with Crippen LogP contribution < -0.4 is 11.1 Å². The first-order chi connectivity index (χ1) is 8.13. The minimum absolute atomic E-state index is 0.125. The van der Waals surface area contributed by atoms with Crippen LogP contribution in [0.25, 0.3) is 0 Å². The monoisotopic (exact) mass is 229 g/mol. The van der Waals surface area contributed by atoms with Gasteiger partial charge < -0.3 is 11.1 Å². The molecular weight excluding hydrogens is 210 g/mol.